The van der Waals surface area contributed by atoms with E-state index in [1.807, 2.05) is 0 Å². The molecule has 0 aliphatic carbocycles. The van der Waals surface area contributed by atoms with E-state index in [2.05, 4.69) is 4.98 Å². The Morgan fingerprint density at radius 1 is 1.56 bits per heavy atom. The van der Waals surface area contributed by atoms with Crippen LogP contribution in [-0.4, -0.2) is 20.6 Å². The topological polar surface area (TPSA) is 64.4 Å². The molecule has 0 bridgehead atoms. The van der Waals surface area contributed by atoms with Crippen molar-refractivity contribution in [2.75, 3.05) is 0 Å². The van der Waals surface area contributed by atoms with Crippen LogP contribution in [0.2, 0.25) is 0 Å². The van der Waals surface area contributed by atoms with E-state index in [0.717, 1.165) is 6.07 Å². The van der Waals surface area contributed by atoms with Crippen molar-refractivity contribution in [3.8, 4) is 5.75 Å². The molecule has 0 aliphatic rings. The van der Waals surface area contributed by atoms with Gasteiger partial charge in [0.2, 0.25) is 0 Å². The maximum absolute atomic E-state index is 13.4. The molecule has 94 valence electrons. The van der Waals surface area contributed by atoms with Crippen LogP contribution >= 0.6 is 0 Å². The van der Waals surface area contributed by atoms with Gasteiger partial charge in [0, 0.05) is 19.4 Å². The quantitative estimate of drug-likeness (QED) is 0.899. The molecule has 0 saturated heterocycles. The summed E-state index contributed by atoms with van der Waals surface area (Å²) in [5, 5.41) is 8.92. The number of nitrogens with zero attached hydrogens (tertiary/aromatic N) is 2. The number of ether oxygens (including phenoxy) is 1. The number of hydrogen-bond donors (Lipinski definition) is 1. The third-order valence-electron chi connectivity index (χ3n) is 2.47. The van der Waals surface area contributed by atoms with E-state index in [0.29, 0.717) is 5.82 Å². The van der Waals surface area contributed by atoms with Crippen LogP contribution in [-0.2, 0) is 13.7 Å². The summed E-state index contributed by atoms with van der Waals surface area (Å²) in [6, 6.07) is 3.89. The summed E-state index contributed by atoms with van der Waals surface area (Å²) in [6.45, 7) is 0.0766. The predicted molar refractivity (Wildman–Crippen MR) is 60.9 cm³/mol. The molecule has 0 fully saturated rings. The standard InChI is InChI=1S/C12H11FN2O3/c1-15-6-5-14-10(15)7-18-9-4-2-3-8(13)11(9)12(16)17/h2-6H,7H2,1H3,(H,16,17). The van der Waals surface area contributed by atoms with E-state index in [4.69, 9.17) is 9.84 Å². The van der Waals surface area contributed by atoms with E-state index < -0.39 is 17.3 Å². The van der Waals surface area contributed by atoms with Crippen LogP contribution in [0.3, 0.4) is 0 Å². The van der Waals surface area contributed by atoms with E-state index in [9.17, 15) is 9.18 Å². The van der Waals surface area contributed by atoms with Gasteiger partial charge in [-0.15, -0.1) is 0 Å². The Balaban J connectivity index is 2.22. The molecule has 0 atom stereocenters. The average molecular weight is 250 g/mol. The number of carbonyl (C=O) groups is 1. The number of carboxylic acid groups (broad SMARTS) is 1. The summed E-state index contributed by atoms with van der Waals surface area (Å²) in [4.78, 5) is 15.0. The molecule has 5 nitrogen and oxygen atoms in total. The Morgan fingerprint density at radius 3 is 2.94 bits per heavy atom. The molecular weight excluding hydrogens is 239 g/mol. The third-order valence-corrected chi connectivity index (χ3v) is 2.47. The molecule has 2 aromatic rings. The number of hydrogen-bond acceptors (Lipinski definition) is 3. The summed E-state index contributed by atoms with van der Waals surface area (Å²) in [5.41, 5.74) is -0.466. The average Bonchev–Trinajstić information content (AvgIpc) is 2.71. The smallest absolute Gasteiger partial charge is 0.342 e. The molecule has 18 heavy (non-hydrogen) atoms. The van der Waals surface area contributed by atoms with Gasteiger partial charge in [0.05, 0.1) is 0 Å². The minimum atomic E-state index is -1.36. The molecule has 1 aromatic heterocycles. The fourth-order valence-corrected chi connectivity index (χ4v) is 1.51. The summed E-state index contributed by atoms with van der Waals surface area (Å²) in [6.07, 6.45) is 3.34. The largest absolute Gasteiger partial charge is 0.485 e. The first-order chi connectivity index (χ1) is 8.59. The van der Waals surface area contributed by atoms with Gasteiger partial charge in [-0.1, -0.05) is 6.07 Å². The molecule has 0 aliphatic heterocycles. The van der Waals surface area contributed by atoms with Crippen LogP contribution in [0.1, 0.15) is 16.2 Å². The van der Waals surface area contributed by atoms with Gasteiger partial charge in [-0.25, -0.2) is 14.2 Å². The first-order valence-electron chi connectivity index (χ1n) is 5.20. The molecule has 0 amide bonds. The number of aromatic nitrogens is 2. The second-order valence-corrected chi connectivity index (χ2v) is 3.66. The molecular formula is C12H11FN2O3. The summed E-state index contributed by atoms with van der Waals surface area (Å²) in [5.74, 6) is -1.57. The Morgan fingerprint density at radius 2 is 2.33 bits per heavy atom. The molecule has 6 heteroatoms. The number of aryl methyl sites for hydroxylation is 1. The van der Waals surface area contributed by atoms with Gasteiger partial charge in [-0.05, 0) is 12.1 Å². The summed E-state index contributed by atoms with van der Waals surface area (Å²) < 4.78 is 20.4. The SMILES string of the molecule is Cn1ccnc1COc1cccc(F)c1C(=O)O. The van der Waals surface area contributed by atoms with Gasteiger partial charge >= 0.3 is 5.97 Å². The molecule has 1 N–H and O–H groups in total. The Bertz CT molecular complexity index is 580. The molecule has 1 aromatic carbocycles. The second-order valence-electron chi connectivity index (χ2n) is 3.66. The number of halogens is 1. The van der Waals surface area contributed by atoms with E-state index in [1.54, 1.807) is 24.0 Å². The van der Waals surface area contributed by atoms with Gasteiger partial charge in [0.1, 0.15) is 29.6 Å². The van der Waals surface area contributed by atoms with Crippen LogP contribution in [0.15, 0.2) is 30.6 Å². The zero-order valence-corrected chi connectivity index (χ0v) is 9.63. The Hall–Kier alpha value is -2.37. The molecule has 0 saturated carbocycles. The highest BCUT2D eigenvalue weighted by molar-refractivity contribution is 5.91. The van der Waals surface area contributed by atoms with Crippen LogP contribution < -0.4 is 4.74 Å². The van der Waals surface area contributed by atoms with Crippen molar-refractivity contribution < 1.29 is 19.0 Å². The first-order valence-corrected chi connectivity index (χ1v) is 5.20. The van der Waals surface area contributed by atoms with Crippen molar-refractivity contribution in [1.82, 2.24) is 9.55 Å². The van der Waals surface area contributed by atoms with Crippen LogP contribution in [0, 0.1) is 5.82 Å². The number of rotatable bonds is 4. The highest BCUT2D eigenvalue weighted by Crippen LogP contribution is 2.22. The monoisotopic (exact) mass is 250 g/mol. The number of imidazole rings is 1. The lowest BCUT2D eigenvalue weighted by Gasteiger charge is -2.09. The Kier molecular flexibility index (Phi) is 3.27. The van der Waals surface area contributed by atoms with Crippen LogP contribution in [0.4, 0.5) is 4.39 Å². The van der Waals surface area contributed by atoms with Gasteiger partial charge in [-0.2, -0.15) is 0 Å². The fraction of sp³-hybridized carbons (Fsp3) is 0.167. The van der Waals surface area contributed by atoms with Crippen LogP contribution in [0.25, 0.3) is 0 Å². The maximum atomic E-state index is 13.4. The molecule has 0 unspecified atom stereocenters. The molecule has 0 spiro atoms. The number of carboxylic acids is 1. The molecule has 1 heterocycles. The van der Waals surface area contributed by atoms with Gasteiger partial charge in [0.15, 0.2) is 0 Å². The zero-order valence-electron chi connectivity index (χ0n) is 9.63. The Labute approximate surface area is 102 Å². The predicted octanol–water partition coefficient (Wildman–Crippen LogP) is 1.84. The minimum absolute atomic E-state index is 0.00880. The highest BCUT2D eigenvalue weighted by Gasteiger charge is 2.17. The summed E-state index contributed by atoms with van der Waals surface area (Å²) in [7, 11) is 1.79. The van der Waals surface area contributed by atoms with Crippen molar-refractivity contribution in [3.05, 3.63) is 47.8 Å². The van der Waals surface area contributed by atoms with E-state index in [-0.39, 0.29) is 12.4 Å². The van der Waals surface area contributed by atoms with Gasteiger partial charge < -0.3 is 14.4 Å². The van der Waals surface area contributed by atoms with Crippen molar-refractivity contribution in [1.29, 1.82) is 0 Å². The minimum Gasteiger partial charge on any atom is -0.485 e. The van der Waals surface area contributed by atoms with Crippen molar-refractivity contribution in [2.24, 2.45) is 7.05 Å². The van der Waals surface area contributed by atoms with E-state index in [1.165, 1.54) is 12.1 Å². The number of aromatic carboxylic acids is 1. The van der Waals surface area contributed by atoms with E-state index >= 15 is 0 Å². The maximum Gasteiger partial charge on any atom is 0.342 e. The lowest BCUT2D eigenvalue weighted by molar-refractivity contribution is 0.0686. The van der Waals surface area contributed by atoms with Gasteiger partial charge in [-0.3, -0.25) is 0 Å². The highest BCUT2D eigenvalue weighted by atomic mass is 19.1. The van der Waals surface area contributed by atoms with Gasteiger partial charge in [0.25, 0.3) is 0 Å². The lowest BCUT2D eigenvalue weighted by Crippen LogP contribution is -2.08. The molecule has 0 radical (unpaired) electrons. The third kappa shape index (κ3) is 2.32. The normalized spacial score (nSPS) is 10.3. The fourth-order valence-electron chi connectivity index (χ4n) is 1.51. The summed E-state index contributed by atoms with van der Waals surface area (Å²) >= 11 is 0. The van der Waals surface area contributed by atoms with Crippen molar-refractivity contribution in [3.63, 3.8) is 0 Å². The second kappa shape index (κ2) is 4.87. The number of benzene rings is 1. The van der Waals surface area contributed by atoms with Crippen molar-refractivity contribution >= 4 is 5.97 Å². The molecule has 2 rings (SSSR count). The van der Waals surface area contributed by atoms with Crippen molar-refractivity contribution in [2.45, 2.75) is 6.61 Å². The lowest BCUT2D eigenvalue weighted by atomic mass is 10.2. The zero-order chi connectivity index (χ0) is 13.1. The van der Waals surface area contributed by atoms with Crippen LogP contribution in [0.5, 0.6) is 5.75 Å². The first kappa shape index (κ1) is 12.1.